The van der Waals surface area contributed by atoms with Crippen LogP contribution in [0.4, 0.5) is 10.2 Å². The van der Waals surface area contributed by atoms with E-state index in [4.69, 9.17) is 0 Å². The molecule has 19 heavy (non-hydrogen) atoms. The van der Waals surface area contributed by atoms with Gasteiger partial charge in [-0.05, 0) is 37.8 Å². The van der Waals surface area contributed by atoms with Gasteiger partial charge in [-0.2, -0.15) is 0 Å². The van der Waals surface area contributed by atoms with Gasteiger partial charge in [0.15, 0.2) is 0 Å². The summed E-state index contributed by atoms with van der Waals surface area (Å²) in [5, 5.41) is 3.37. The van der Waals surface area contributed by atoms with Gasteiger partial charge in [0.25, 0.3) is 0 Å². The maximum Gasteiger partial charge on any atom is 0.141 e. The number of pyridine rings is 1. The minimum atomic E-state index is -0.248. The largest absolute Gasteiger partial charge is 0.356 e. The molecule has 1 N–H and O–H groups in total. The summed E-state index contributed by atoms with van der Waals surface area (Å²) < 4.78 is 13.4. The Kier molecular flexibility index (Phi) is 5.14. The topological polar surface area (TPSA) is 28.2 Å². The van der Waals surface area contributed by atoms with Crippen molar-refractivity contribution in [1.29, 1.82) is 0 Å². The molecule has 0 aromatic carbocycles. The molecule has 0 bridgehead atoms. The molecule has 0 radical (unpaired) electrons. The van der Waals surface area contributed by atoms with Gasteiger partial charge in [-0.3, -0.25) is 0 Å². The molecule has 0 unspecified atom stereocenters. The normalized spacial score (nSPS) is 16.1. The number of piperidine rings is 1. The second kappa shape index (κ2) is 6.85. The standard InChI is InChI=1S/C15H24FN3/c1-12(2)9-17-10-13-8-14(16)11-18-15(13)19-6-4-3-5-7-19/h8,11-12,17H,3-7,9-10H2,1-2H3. The molecular weight excluding hydrogens is 241 g/mol. The molecule has 0 atom stereocenters. The van der Waals surface area contributed by atoms with Crippen molar-refractivity contribution in [3.05, 3.63) is 23.6 Å². The van der Waals surface area contributed by atoms with Gasteiger partial charge in [-0.25, -0.2) is 9.37 Å². The second-order valence-electron chi connectivity index (χ2n) is 5.71. The molecule has 1 aromatic rings. The monoisotopic (exact) mass is 265 g/mol. The van der Waals surface area contributed by atoms with E-state index in [1.165, 1.54) is 25.5 Å². The number of hydrogen-bond acceptors (Lipinski definition) is 3. The van der Waals surface area contributed by atoms with Gasteiger partial charge in [0.1, 0.15) is 11.6 Å². The van der Waals surface area contributed by atoms with Gasteiger partial charge in [-0.15, -0.1) is 0 Å². The lowest BCUT2D eigenvalue weighted by Gasteiger charge is -2.29. The number of halogens is 1. The summed E-state index contributed by atoms with van der Waals surface area (Å²) in [6.07, 6.45) is 5.03. The fourth-order valence-electron chi connectivity index (χ4n) is 2.49. The first-order chi connectivity index (χ1) is 9.16. The molecule has 4 heteroatoms. The van der Waals surface area contributed by atoms with Gasteiger partial charge < -0.3 is 10.2 Å². The molecule has 0 saturated carbocycles. The minimum Gasteiger partial charge on any atom is -0.356 e. The maximum atomic E-state index is 13.4. The van der Waals surface area contributed by atoms with Crippen LogP contribution in [0.2, 0.25) is 0 Å². The van der Waals surface area contributed by atoms with Crippen LogP contribution in [0, 0.1) is 11.7 Å². The van der Waals surface area contributed by atoms with E-state index in [0.29, 0.717) is 12.5 Å². The first kappa shape index (κ1) is 14.3. The Hall–Kier alpha value is -1.16. The lowest BCUT2D eigenvalue weighted by molar-refractivity contribution is 0.541. The van der Waals surface area contributed by atoms with Crippen LogP contribution < -0.4 is 10.2 Å². The minimum absolute atomic E-state index is 0.248. The lowest BCUT2D eigenvalue weighted by Crippen LogP contribution is -2.32. The van der Waals surface area contributed by atoms with Crippen molar-refractivity contribution in [3.63, 3.8) is 0 Å². The molecule has 3 nitrogen and oxygen atoms in total. The van der Waals surface area contributed by atoms with E-state index in [9.17, 15) is 4.39 Å². The third-order valence-corrected chi connectivity index (χ3v) is 3.43. The SMILES string of the molecule is CC(C)CNCc1cc(F)cnc1N1CCCCC1. The van der Waals surface area contributed by atoms with Crippen LogP contribution in [-0.2, 0) is 6.54 Å². The van der Waals surface area contributed by atoms with Crippen LogP contribution in [0.15, 0.2) is 12.3 Å². The molecule has 2 heterocycles. The molecule has 1 fully saturated rings. The van der Waals surface area contributed by atoms with E-state index < -0.39 is 0 Å². The van der Waals surface area contributed by atoms with Gasteiger partial charge >= 0.3 is 0 Å². The van der Waals surface area contributed by atoms with E-state index in [1.807, 2.05) is 0 Å². The highest BCUT2D eigenvalue weighted by Gasteiger charge is 2.16. The lowest BCUT2D eigenvalue weighted by atomic mass is 10.1. The zero-order valence-corrected chi connectivity index (χ0v) is 12.0. The van der Waals surface area contributed by atoms with Gasteiger partial charge in [0.05, 0.1) is 6.20 Å². The Balaban J connectivity index is 2.08. The van der Waals surface area contributed by atoms with Crippen molar-refractivity contribution in [3.8, 4) is 0 Å². The van der Waals surface area contributed by atoms with Gasteiger partial charge in [0.2, 0.25) is 0 Å². The fraction of sp³-hybridized carbons (Fsp3) is 0.667. The van der Waals surface area contributed by atoms with Crippen molar-refractivity contribution in [2.75, 3.05) is 24.5 Å². The van der Waals surface area contributed by atoms with Crippen molar-refractivity contribution in [2.24, 2.45) is 5.92 Å². The Bertz CT molecular complexity index is 400. The molecule has 0 spiro atoms. The van der Waals surface area contributed by atoms with Crippen molar-refractivity contribution < 1.29 is 4.39 Å². The predicted molar refractivity (Wildman–Crippen MR) is 76.8 cm³/mol. The quantitative estimate of drug-likeness (QED) is 0.887. The highest BCUT2D eigenvalue weighted by molar-refractivity contribution is 5.47. The summed E-state index contributed by atoms with van der Waals surface area (Å²) in [6, 6.07) is 1.62. The third kappa shape index (κ3) is 4.16. The smallest absolute Gasteiger partial charge is 0.141 e. The Morgan fingerprint density at radius 3 is 2.74 bits per heavy atom. The van der Waals surface area contributed by atoms with Gasteiger partial charge in [-0.1, -0.05) is 13.8 Å². The molecular formula is C15H24FN3. The Morgan fingerprint density at radius 2 is 2.05 bits per heavy atom. The van der Waals surface area contributed by atoms with E-state index in [2.05, 4.69) is 29.0 Å². The van der Waals surface area contributed by atoms with E-state index in [-0.39, 0.29) is 5.82 Å². The molecule has 1 saturated heterocycles. The highest BCUT2D eigenvalue weighted by Crippen LogP contribution is 2.22. The van der Waals surface area contributed by atoms with Crippen LogP contribution >= 0.6 is 0 Å². The first-order valence-corrected chi connectivity index (χ1v) is 7.27. The second-order valence-corrected chi connectivity index (χ2v) is 5.71. The molecule has 1 aliphatic rings. The average molecular weight is 265 g/mol. The first-order valence-electron chi connectivity index (χ1n) is 7.27. The van der Waals surface area contributed by atoms with Crippen molar-refractivity contribution in [1.82, 2.24) is 10.3 Å². The van der Waals surface area contributed by atoms with E-state index in [0.717, 1.165) is 31.0 Å². The van der Waals surface area contributed by atoms with E-state index in [1.54, 1.807) is 6.07 Å². The fourth-order valence-corrected chi connectivity index (χ4v) is 2.49. The number of anilines is 1. The Labute approximate surface area is 115 Å². The Morgan fingerprint density at radius 1 is 1.32 bits per heavy atom. The van der Waals surface area contributed by atoms with Crippen LogP contribution in [0.25, 0.3) is 0 Å². The summed E-state index contributed by atoms with van der Waals surface area (Å²) >= 11 is 0. The van der Waals surface area contributed by atoms with Crippen molar-refractivity contribution >= 4 is 5.82 Å². The van der Waals surface area contributed by atoms with Crippen LogP contribution in [-0.4, -0.2) is 24.6 Å². The van der Waals surface area contributed by atoms with Crippen LogP contribution in [0.5, 0.6) is 0 Å². The number of nitrogens with one attached hydrogen (secondary N) is 1. The predicted octanol–water partition coefficient (Wildman–Crippen LogP) is 2.96. The molecule has 106 valence electrons. The molecule has 1 aliphatic heterocycles. The third-order valence-electron chi connectivity index (χ3n) is 3.43. The molecule has 0 aliphatic carbocycles. The summed E-state index contributed by atoms with van der Waals surface area (Å²) in [7, 11) is 0. The summed E-state index contributed by atoms with van der Waals surface area (Å²) in [5.41, 5.74) is 0.975. The number of nitrogens with zero attached hydrogens (tertiary/aromatic N) is 2. The zero-order chi connectivity index (χ0) is 13.7. The summed E-state index contributed by atoms with van der Waals surface area (Å²) in [5.74, 6) is 1.31. The average Bonchev–Trinajstić information content (AvgIpc) is 2.39. The van der Waals surface area contributed by atoms with Crippen LogP contribution in [0.1, 0.15) is 38.7 Å². The molecule has 2 rings (SSSR count). The number of aromatic nitrogens is 1. The summed E-state index contributed by atoms with van der Waals surface area (Å²) in [6.45, 7) is 8.04. The maximum absolute atomic E-state index is 13.4. The highest BCUT2D eigenvalue weighted by atomic mass is 19.1. The van der Waals surface area contributed by atoms with Crippen molar-refractivity contribution in [2.45, 2.75) is 39.7 Å². The molecule has 0 amide bonds. The zero-order valence-electron chi connectivity index (χ0n) is 12.0. The molecule has 1 aromatic heterocycles. The van der Waals surface area contributed by atoms with Crippen LogP contribution in [0.3, 0.4) is 0 Å². The summed E-state index contributed by atoms with van der Waals surface area (Å²) in [4.78, 5) is 6.60. The van der Waals surface area contributed by atoms with E-state index >= 15 is 0 Å². The van der Waals surface area contributed by atoms with Gasteiger partial charge in [0, 0.05) is 25.2 Å². The number of hydrogen-bond donors (Lipinski definition) is 1. The number of rotatable bonds is 5.